The molecule has 18 heavy (non-hydrogen) atoms. The predicted molar refractivity (Wildman–Crippen MR) is 68.3 cm³/mol. The van der Waals surface area contributed by atoms with Gasteiger partial charge in [-0.2, -0.15) is 4.98 Å². The smallest absolute Gasteiger partial charge is 0.245 e. The zero-order valence-electron chi connectivity index (χ0n) is 9.45. The lowest BCUT2D eigenvalue weighted by molar-refractivity contribution is 0.469. The van der Waals surface area contributed by atoms with Crippen molar-refractivity contribution >= 4 is 16.6 Å². The van der Waals surface area contributed by atoms with Crippen LogP contribution < -0.4 is 10.5 Å². The number of nitrogen functional groups attached to an aromatic ring is 1. The van der Waals surface area contributed by atoms with Crippen molar-refractivity contribution in [1.29, 1.82) is 0 Å². The van der Waals surface area contributed by atoms with Gasteiger partial charge in [0, 0.05) is 11.6 Å². The molecule has 0 amide bonds. The van der Waals surface area contributed by atoms with E-state index in [1.54, 1.807) is 6.20 Å². The van der Waals surface area contributed by atoms with Gasteiger partial charge in [-0.25, -0.2) is 4.98 Å². The van der Waals surface area contributed by atoms with Crippen LogP contribution >= 0.6 is 0 Å². The third-order valence-corrected chi connectivity index (χ3v) is 2.51. The predicted octanol–water partition coefficient (Wildman–Crippen LogP) is 2.40. The number of nitrogens with two attached hydrogens (primary N) is 1. The first-order valence-corrected chi connectivity index (χ1v) is 5.41. The monoisotopic (exact) mass is 238 g/mol. The number of fused-ring (bicyclic) bond motifs is 1. The van der Waals surface area contributed by atoms with Gasteiger partial charge in [-0.3, -0.25) is 4.98 Å². The molecule has 0 aliphatic carbocycles. The molecule has 0 spiro atoms. The highest BCUT2D eigenvalue weighted by atomic mass is 16.5. The Kier molecular flexibility index (Phi) is 2.49. The van der Waals surface area contributed by atoms with Gasteiger partial charge in [-0.05, 0) is 24.3 Å². The number of rotatable bonds is 2. The Labute approximate surface area is 103 Å². The molecule has 0 bridgehead atoms. The highest BCUT2D eigenvalue weighted by Gasteiger charge is 2.06. The van der Waals surface area contributed by atoms with E-state index in [2.05, 4.69) is 15.0 Å². The topological polar surface area (TPSA) is 73.9 Å². The number of nitrogens with zero attached hydrogens (tertiary/aromatic N) is 3. The number of ether oxygens (including phenoxy) is 1. The second-order valence-corrected chi connectivity index (χ2v) is 3.71. The molecule has 0 aliphatic heterocycles. The third-order valence-electron chi connectivity index (χ3n) is 2.51. The SMILES string of the molecule is Nc1cncnc1Oc1cccc2ncccc12. The van der Waals surface area contributed by atoms with Crippen LogP contribution in [-0.4, -0.2) is 15.0 Å². The Bertz CT molecular complexity index is 694. The second kappa shape index (κ2) is 4.29. The molecule has 5 nitrogen and oxygen atoms in total. The molecule has 5 heteroatoms. The third kappa shape index (κ3) is 1.82. The molecular weight excluding hydrogens is 228 g/mol. The second-order valence-electron chi connectivity index (χ2n) is 3.71. The molecule has 88 valence electrons. The summed E-state index contributed by atoms with van der Waals surface area (Å²) in [5.41, 5.74) is 7.01. The van der Waals surface area contributed by atoms with Crippen LogP contribution in [0.15, 0.2) is 49.1 Å². The number of hydrogen-bond acceptors (Lipinski definition) is 5. The van der Waals surface area contributed by atoms with E-state index in [0.29, 0.717) is 17.3 Å². The van der Waals surface area contributed by atoms with E-state index in [1.807, 2.05) is 30.3 Å². The van der Waals surface area contributed by atoms with E-state index in [4.69, 9.17) is 10.5 Å². The average Bonchev–Trinajstić information content (AvgIpc) is 2.42. The minimum atomic E-state index is 0.348. The summed E-state index contributed by atoms with van der Waals surface area (Å²) < 4.78 is 5.71. The van der Waals surface area contributed by atoms with Gasteiger partial charge in [0.1, 0.15) is 17.8 Å². The summed E-state index contributed by atoms with van der Waals surface area (Å²) >= 11 is 0. The highest BCUT2D eigenvalue weighted by molar-refractivity contribution is 5.85. The quantitative estimate of drug-likeness (QED) is 0.742. The van der Waals surface area contributed by atoms with Gasteiger partial charge >= 0.3 is 0 Å². The standard InChI is InChI=1S/C13H10N4O/c14-10-7-15-8-17-13(10)18-12-5-1-4-11-9(12)3-2-6-16-11/h1-8H,14H2. The fraction of sp³-hybridized carbons (Fsp3) is 0. The van der Waals surface area contributed by atoms with Crippen molar-refractivity contribution in [2.45, 2.75) is 0 Å². The summed E-state index contributed by atoms with van der Waals surface area (Å²) in [6.45, 7) is 0. The van der Waals surface area contributed by atoms with Gasteiger partial charge in [-0.1, -0.05) is 6.07 Å². The fourth-order valence-electron chi connectivity index (χ4n) is 1.68. The van der Waals surface area contributed by atoms with Gasteiger partial charge in [0.2, 0.25) is 5.88 Å². The van der Waals surface area contributed by atoms with Crippen LogP contribution in [0.3, 0.4) is 0 Å². The summed E-state index contributed by atoms with van der Waals surface area (Å²) in [6, 6.07) is 9.45. The molecule has 2 heterocycles. The minimum absolute atomic E-state index is 0.348. The normalized spacial score (nSPS) is 10.4. The number of hydrogen-bond donors (Lipinski definition) is 1. The first-order chi connectivity index (χ1) is 8.84. The van der Waals surface area contributed by atoms with Crippen molar-refractivity contribution in [1.82, 2.24) is 15.0 Å². The van der Waals surface area contributed by atoms with Gasteiger partial charge < -0.3 is 10.5 Å². The number of aromatic nitrogens is 3. The van der Waals surface area contributed by atoms with Gasteiger partial charge in [0.15, 0.2) is 0 Å². The van der Waals surface area contributed by atoms with E-state index < -0.39 is 0 Å². The lowest BCUT2D eigenvalue weighted by Gasteiger charge is -2.08. The summed E-state index contributed by atoms with van der Waals surface area (Å²) in [6.07, 6.45) is 4.64. The Hall–Kier alpha value is -2.69. The molecule has 0 saturated carbocycles. The van der Waals surface area contributed by atoms with E-state index in [0.717, 1.165) is 10.9 Å². The van der Waals surface area contributed by atoms with E-state index >= 15 is 0 Å². The fourth-order valence-corrected chi connectivity index (χ4v) is 1.68. The Balaban J connectivity index is 2.08. The van der Waals surface area contributed by atoms with Crippen LogP contribution in [-0.2, 0) is 0 Å². The molecule has 2 aromatic heterocycles. The summed E-state index contributed by atoms with van der Waals surface area (Å²) in [5.74, 6) is 1.02. The van der Waals surface area contributed by atoms with Crippen LogP contribution in [0.2, 0.25) is 0 Å². The molecule has 0 unspecified atom stereocenters. The Morgan fingerprint density at radius 2 is 2.00 bits per heavy atom. The van der Waals surface area contributed by atoms with Crippen LogP contribution in [0.1, 0.15) is 0 Å². The van der Waals surface area contributed by atoms with Crippen LogP contribution in [0.5, 0.6) is 11.6 Å². The summed E-state index contributed by atoms with van der Waals surface area (Å²) in [4.78, 5) is 12.1. The summed E-state index contributed by atoms with van der Waals surface area (Å²) in [7, 11) is 0. The maximum absolute atomic E-state index is 5.75. The van der Waals surface area contributed by atoms with E-state index in [-0.39, 0.29) is 0 Å². The van der Waals surface area contributed by atoms with E-state index in [9.17, 15) is 0 Å². The molecule has 1 aromatic carbocycles. The Morgan fingerprint density at radius 3 is 2.89 bits per heavy atom. The number of benzene rings is 1. The zero-order chi connectivity index (χ0) is 12.4. The molecule has 2 N–H and O–H groups in total. The van der Waals surface area contributed by atoms with Gasteiger partial charge in [-0.15, -0.1) is 0 Å². The van der Waals surface area contributed by atoms with Gasteiger partial charge in [0.05, 0.1) is 11.7 Å². The van der Waals surface area contributed by atoms with Crippen molar-refractivity contribution < 1.29 is 4.74 Å². The average molecular weight is 238 g/mol. The Morgan fingerprint density at radius 1 is 1.06 bits per heavy atom. The maximum atomic E-state index is 5.75. The molecular formula is C13H10N4O. The molecule has 0 saturated heterocycles. The number of pyridine rings is 1. The molecule has 0 atom stereocenters. The van der Waals surface area contributed by atoms with Crippen molar-refractivity contribution in [2.24, 2.45) is 0 Å². The zero-order valence-corrected chi connectivity index (χ0v) is 9.45. The van der Waals surface area contributed by atoms with Crippen molar-refractivity contribution in [3.05, 3.63) is 49.1 Å². The van der Waals surface area contributed by atoms with Crippen molar-refractivity contribution in [3.8, 4) is 11.6 Å². The minimum Gasteiger partial charge on any atom is -0.436 e. The van der Waals surface area contributed by atoms with Crippen molar-refractivity contribution in [2.75, 3.05) is 5.73 Å². The van der Waals surface area contributed by atoms with Crippen LogP contribution in [0.4, 0.5) is 5.69 Å². The maximum Gasteiger partial charge on any atom is 0.245 e. The molecule has 0 fully saturated rings. The van der Waals surface area contributed by atoms with Crippen LogP contribution in [0.25, 0.3) is 10.9 Å². The largest absolute Gasteiger partial charge is 0.436 e. The highest BCUT2D eigenvalue weighted by Crippen LogP contribution is 2.29. The number of anilines is 1. The van der Waals surface area contributed by atoms with Gasteiger partial charge in [0.25, 0.3) is 0 Å². The first-order valence-electron chi connectivity index (χ1n) is 5.41. The lowest BCUT2D eigenvalue weighted by Crippen LogP contribution is -1.96. The molecule has 0 radical (unpaired) electrons. The summed E-state index contributed by atoms with van der Waals surface area (Å²) in [5, 5.41) is 0.915. The van der Waals surface area contributed by atoms with Crippen molar-refractivity contribution in [3.63, 3.8) is 0 Å². The molecule has 0 aliphatic rings. The lowest BCUT2D eigenvalue weighted by atomic mass is 10.2. The first kappa shape index (κ1) is 10.5. The molecule has 3 rings (SSSR count). The van der Waals surface area contributed by atoms with Crippen LogP contribution in [0, 0.1) is 0 Å². The van der Waals surface area contributed by atoms with E-state index in [1.165, 1.54) is 12.5 Å². The molecule has 3 aromatic rings.